The smallest absolute Gasteiger partial charge is 0.224 e. The van der Waals surface area contributed by atoms with E-state index in [9.17, 15) is 4.79 Å². The van der Waals surface area contributed by atoms with E-state index in [1.54, 1.807) is 6.20 Å². The van der Waals surface area contributed by atoms with Crippen LogP contribution in [0.3, 0.4) is 0 Å². The summed E-state index contributed by atoms with van der Waals surface area (Å²) in [6.45, 7) is 2.02. The van der Waals surface area contributed by atoms with Crippen molar-refractivity contribution >= 4 is 22.5 Å². The van der Waals surface area contributed by atoms with Crippen LogP contribution in [-0.4, -0.2) is 29.2 Å². The number of aromatic amines is 1. The number of amides is 1. The summed E-state index contributed by atoms with van der Waals surface area (Å²) in [4.78, 5) is 12.1. The third-order valence-corrected chi connectivity index (χ3v) is 3.63. The molecule has 0 aliphatic carbocycles. The van der Waals surface area contributed by atoms with Gasteiger partial charge in [-0.05, 0) is 44.0 Å². The standard InChI is InChI=1S/C14H18N4O/c19-14(7-10-3-2-6-15-8-10)17-12-4-1-5-13-11(12)9-16-18-13/h1,4-5,9-10,15H,2-3,6-8H2,(H,16,18)(H,17,19). The first-order chi connectivity index (χ1) is 9.33. The Morgan fingerprint density at radius 3 is 3.26 bits per heavy atom. The molecule has 3 N–H and O–H groups in total. The van der Waals surface area contributed by atoms with Crippen LogP contribution in [0.2, 0.25) is 0 Å². The van der Waals surface area contributed by atoms with Crippen molar-refractivity contribution in [1.82, 2.24) is 15.5 Å². The van der Waals surface area contributed by atoms with E-state index in [2.05, 4.69) is 20.8 Å². The number of anilines is 1. The zero-order valence-electron chi connectivity index (χ0n) is 10.8. The van der Waals surface area contributed by atoms with Crippen LogP contribution in [0, 0.1) is 5.92 Å². The van der Waals surface area contributed by atoms with Gasteiger partial charge in [0.2, 0.25) is 5.91 Å². The SMILES string of the molecule is O=C(CC1CCCNC1)Nc1cccc2[nH]ncc12. The van der Waals surface area contributed by atoms with Gasteiger partial charge in [0.15, 0.2) is 0 Å². The molecule has 1 amide bonds. The molecule has 1 unspecified atom stereocenters. The first-order valence-corrected chi connectivity index (χ1v) is 6.75. The monoisotopic (exact) mass is 258 g/mol. The maximum absolute atomic E-state index is 12.1. The van der Waals surface area contributed by atoms with Crippen LogP contribution in [0.15, 0.2) is 24.4 Å². The fourth-order valence-electron chi connectivity index (χ4n) is 2.64. The number of hydrogen-bond donors (Lipinski definition) is 3. The van der Waals surface area contributed by atoms with E-state index >= 15 is 0 Å². The topological polar surface area (TPSA) is 69.8 Å². The minimum atomic E-state index is 0.0856. The lowest BCUT2D eigenvalue weighted by Gasteiger charge is -2.22. The molecule has 3 rings (SSSR count). The molecule has 100 valence electrons. The average Bonchev–Trinajstić information content (AvgIpc) is 2.89. The molecule has 0 spiro atoms. The molecule has 1 atom stereocenters. The van der Waals surface area contributed by atoms with Gasteiger partial charge in [0.05, 0.1) is 17.4 Å². The van der Waals surface area contributed by atoms with Crippen molar-refractivity contribution in [3.63, 3.8) is 0 Å². The first kappa shape index (κ1) is 12.2. The molecule has 1 aliphatic heterocycles. The van der Waals surface area contributed by atoms with Gasteiger partial charge in [0, 0.05) is 11.8 Å². The predicted octanol–water partition coefficient (Wildman–Crippen LogP) is 1.89. The molecular formula is C14H18N4O. The van der Waals surface area contributed by atoms with Gasteiger partial charge in [-0.1, -0.05) is 6.07 Å². The van der Waals surface area contributed by atoms with Gasteiger partial charge in [-0.15, -0.1) is 0 Å². The summed E-state index contributed by atoms with van der Waals surface area (Å²) in [7, 11) is 0. The number of rotatable bonds is 3. The summed E-state index contributed by atoms with van der Waals surface area (Å²) < 4.78 is 0. The van der Waals surface area contributed by atoms with Gasteiger partial charge in [-0.2, -0.15) is 5.10 Å². The van der Waals surface area contributed by atoms with Crippen LogP contribution in [-0.2, 0) is 4.79 Å². The van der Waals surface area contributed by atoms with Crippen molar-refractivity contribution in [3.05, 3.63) is 24.4 Å². The molecule has 0 radical (unpaired) electrons. The molecule has 2 heterocycles. The minimum Gasteiger partial charge on any atom is -0.325 e. The second-order valence-corrected chi connectivity index (χ2v) is 5.10. The van der Waals surface area contributed by atoms with Crippen molar-refractivity contribution in [1.29, 1.82) is 0 Å². The van der Waals surface area contributed by atoms with E-state index in [-0.39, 0.29) is 5.91 Å². The first-order valence-electron chi connectivity index (χ1n) is 6.75. The summed E-state index contributed by atoms with van der Waals surface area (Å²) in [5, 5.41) is 14.2. The van der Waals surface area contributed by atoms with Crippen LogP contribution >= 0.6 is 0 Å². The van der Waals surface area contributed by atoms with Crippen molar-refractivity contribution in [2.24, 2.45) is 5.92 Å². The molecule has 19 heavy (non-hydrogen) atoms. The number of benzene rings is 1. The third kappa shape index (κ3) is 2.76. The molecular weight excluding hydrogens is 240 g/mol. The van der Waals surface area contributed by atoms with Crippen molar-refractivity contribution in [3.8, 4) is 0 Å². The third-order valence-electron chi connectivity index (χ3n) is 3.63. The second kappa shape index (κ2) is 5.40. The molecule has 1 saturated heterocycles. The number of carbonyl (C=O) groups is 1. The number of H-pyrrole nitrogens is 1. The zero-order valence-corrected chi connectivity index (χ0v) is 10.8. The highest BCUT2D eigenvalue weighted by molar-refractivity contribution is 6.00. The molecule has 1 aromatic heterocycles. The Hall–Kier alpha value is -1.88. The van der Waals surface area contributed by atoms with Gasteiger partial charge < -0.3 is 10.6 Å². The fraction of sp³-hybridized carbons (Fsp3) is 0.429. The molecule has 5 heteroatoms. The normalized spacial score (nSPS) is 19.5. The highest BCUT2D eigenvalue weighted by Gasteiger charge is 2.17. The van der Waals surface area contributed by atoms with E-state index in [1.165, 1.54) is 0 Å². The van der Waals surface area contributed by atoms with Crippen LogP contribution in [0.4, 0.5) is 5.69 Å². The summed E-state index contributed by atoms with van der Waals surface area (Å²) in [6, 6.07) is 5.77. The van der Waals surface area contributed by atoms with Crippen LogP contribution in [0.5, 0.6) is 0 Å². The highest BCUT2D eigenvalue weighted by atomic mass is 16.1. The Bertz CT molecular complexity index is 572. The zero-order chi connectivity index (χ0) is 13.1. The Labute approximate surface area is 111 Å². The number of hydrogen-bond acceptors (Lipinski definition) is 3. The molecule has 1 aliphatic rings. The Morgan fingerprint density at radius 1 is 1.47 bits per heavy atom. The van der Waals surface area contributed by atoms with E-state index < -0.39 is 0 Å². The number of aromatic nitrogens is 2. The molecule has 2 aromatic rings. The van der Waals surface area contributed by atoms with Gasteiger partial charge in [-0.25, -0.2) is 0 Å². The predicted molar refractivity (Wildman–Crippen MR) is 74.9 cm³/mol. The fourth-order valence-corrected chi connectivity index (χ4v) is 2.64. The average molecular weight is 258 g/mol. The van der Waals surface area contributed by atoms with Crippen molar-refractivity contribution in [2.45, 2.75) is 19.3 Å². The van der Waals surface area contributed by atoms with Crippen molar-refractivity contribution < 1.29 is 4.79 Å². The number of nitrogens with one attached hydrogen (secondary N) is 3. The Morgan fingerprint density at radius 2 is 2.42 bits per heavy atom. The summed E-state index contributed by atoms with van der Waals surface area (Å²) >= 11 is 0. The summed E-state index contributed by atoms with van der Waals surface area (Å²) in [6.07, 6.45) is 4.62. The van der Waals surface area contributed by atoms with Crippen LogP contribution in [0.1, 0.15) is 19.3 Å². The van der Waals surface area contributed by atoms with Crippen LogP contribution in [0.25, 0.3) is 10.9 Å². The quantitative estimate of drug-likeness (QED) is 0.787. The maximum atomic E-state index is 12.1. The lowest BCUT2D eigenvalue weighted by atomic mass is 9.96. The summed E-state index contributed by atoms with van der Waals surface area (Å²) in [5.74, 6) is 0.541. The molecule has 1 aromatic carbocycles. The van der Waals surface area contributed by atoms with Gasteiger partial charge in [0.1, 0.15) is 0 Å². The molecule has 5 nitrogen and oxygen atoms in total. The highest BCUT2D eigenvalue weighted by Crippen LogP contribution is 2.22. The van der Waals surface area contributed by atoms with Gasteiger partial charge >= 0.3 is 0 Å². The second-order valence-electron chi connectivity index (χ2n) is 5.10. The molecule has 1 fully saturated rings. The maximum Gasteiger partial charge on any atom is 0.224 e. The summed E-state index contributed by atoms with van der Waals surface area (Å²) in [5.41, 5.74) is 1.78. The van der Waals surface area contributed by atoms with Crippen molar-refractivity contribution in [2.75, 3.05) is 18.4 Å². The number of nitrogens with zero attached hydrogens (tertiary/aromatic N) is 1. The molecule has 0 bridgehead atoms. The Balaban J connectivity index is 1.67. The van der Waals surface area contributed by atoms with Gasteiger partial charge in [-0.3, -0.25) is 9.89 Å². The molecule has 0 saturated carbocycles. The van der Waals surface area contributed by atoms with E-state index in [4.69, 9.17) is 0 Å². The lowest BCUT2D eigenvalue weighted by molar-refractivity contribution is -0.117. The van der Waals surface area contributed by atoms with Crippen LogP contribution < -0.4 is 10.6 Å². The Kier molecular flexibility index (Phi) is 3.46. The number of fused-ring (bicyclic) bond motifs is 1. The van der Waals surface area contributed by atoms with Gasteiger partial charge in [0.25, 0.3) is 0 Å². The van der Waals surface area contributed by atoms with E-state index in [0.717, 1.165) is 42.5 Å². The largest absolute Gasteiger partial charge is 0.325 e. The number of carbonyl (C=O) groups excluding carboxylic acids is 1. The van der Waals surface area contributed by atoms with E-state index in [1.807, 2.05) is 18.2 Å². The number of piperidine rings is 1. The minimum absolute atomic E-state index is 0.0856. The van der Waals surface area contributed by atoms with E-state index in [0.29, 0.717) is 12.3 Å². The lowest BCUT2D eigenvalue weighted by Crippen LogP contribution is -2.32.